The largest absolute Gasteiger partial charge is 0.490 e. The molecule has 1 saturated carbocycles. The lowest BCUT2D eigenvalue weighted by Crippen LogP contribution is -2.42. The van der Waals surface area contributed by atoms with Gasteiger partial charge in [0.2, 0.25) is 0 Å². The van der Waals surface area contributed by atoms with Gasteiger partial charge in [-0.2, -0.15) is 0 Å². The van der Waals surface area contributed by atoms with Gasteiger partial charge >= 0.3 is 5.97 Å². The number of hydrogen-bond donors (Lipinski definition) is 3. The van der Waals surface area contributed by atoms with Crippen molar-refractivity contribution in [3.05, 3.63) is 143 Å². The van der Waals surface area contributed by atoms with E-state index in [1.165, 1.54) is 31.0 Å². The highest BCUT2D eigenvalue weighted by Crippen LogP contribution is 2.33. The summed E-state index contributed by atoms with van der Waals surface area (Å²) >= 11 is 6.22. The second-order valence-corrected chi connectivity index (χ2v) is 12.3. The van der Waals surface area contributed by atoms with E-state index in [9.17, 15) is 19.5 Å². The zero-order valence-electron chi connectivity index (χ0n) is 26.6. The van der Waals surface area contributed by atoms with E-state index in [0.717, 1.165) is 35.3 Å². The topological polar surface area (TPSA) is 114 Å². The Morgan fingerprint density at radius 1 is 0.776 bits per heavy atom. The lowest BCUT2D eigenvalue weighted by molar-refractivity contribution is -0.139. The Balaban J connectivity index is 1.12. The molecule has 5 aromatic rings. The molecule has 0 heterocycles. The van der Waals surface area contributed by atoms with Gasteiger partial charge in [0.1, 0.15) is 23.3 Å². The van der Waals surface area contributed by atoms with Crippen molar-refractivity contribution in [3.63, 3.8) is 0 Å². The fourth-order valence-corrected chi connectivity index (χ4v) is 5.96. The Morgan fingerprint density at radius 3 is 2.16 bits per heavy atom. The number of carbonyl (C=O) groups is 3. The quantitative estimate of drug-likeness (QED) is 0.122. The number of carboxylic acid groups (broad SMARTS) is 1. The van der Waals surface area contributed by atoms with Crippen LogP contribution in [0, 0.1) is 0 Å². The first-order valence-electron chi connectivity index (χ1n) is 16.1. The second kappa shape index (κ2) is 15.5. The molecule has 0 saturated heterocycles. The molecule has 0 aromatic heterocycles. The van der Waals surface area contributed by atoms with Crippen molar-refractivity contribution in [1.82, 2.24) is 5.32 Å². The predicted molar refractivity (Wildman–Crippen MR) is 190 cm³/mol. The van der Waals surface area contributed by atoms with E-state index in [1.54, 1.807) is 24.3 Å². The molecule has 0 bridgehead atoms. The highest BCUT2D eigenvalue weighted by atomic mass is 35.5. The number of carbonyl (C=O) groups excluding carboxylic acids is 2. The first kappa shape index (κ1) is 33.3. The third kappa shape index (κ3) is 8.66. The predicted octanol–water partition coefficient (Wildman–Crippen LogP) is 8.80. The number of rotatable bonds is 12. The molecule has 8 nitrogen and oxygen atoms in total. The molecule has 3 N–H and O–H groups in total. The average Bonchev–Trinajstić information content (AvgIpc) is 3.63. The van der Waals surface area contributed by atoms with Crippen molar-refractivity contribution >= 4 is 35.1 Å². The van der Waals surface area contributed by atoms with Crippen LogP contribution in [0.5, 0.6) is 17.2 Å². The van der Waals surface area contributed by atoms with E-state index in [0.29, 0.717) is 17.1 Å². The van der Waals surface area contributed by atoms with Gasteiger partial charge in [-0.25, -0.2) is 4.79 Å². The van der Waals surface area contributed by atoms with Crippen molar-refractivity contribution in [2.24, 2.45) is 0 Å². The average molecular weight is 675 g/mol. The Bertz CT molecular complexity index is 1920. The maximum atomic E-state index is 13.5. The number of nitrogens with one attached hydrogen (secondary N) is 2. The van der Waals surface area contributed by atoms with E-state index < -0.39 is 23.8 Å². The number of ether oxygens (including phenoxy) is 2. The molecule has 0 unspecified atom stereocenters. The summed E-state index contributed by atoms with van der Waals surface area (Å²) in [5.41, 5.74) is 3.20. The number of halogens is 1. The fraction of sp³-hybridized carbons (Fsp3) is 0.175. The number of benzene rings is 5. The molecule has 6 rings (SSSR count). The monoisotopic (exact) mass is 674 g/mol. The SMILES string of the molecule is O=C(Nc1ccc(Cl)cc1C(=O)N[C@@H](Cc1ccc(-c2ccccc2OC2CCCC2)cc1)C(=O)O)c1ccc(Oc2ccccc2)cc1. The first-order valence-corrected chi connectivity index (χ1v) is 16.5. The number of anilines is 1. The summed E-state index contributed by atoms with van der Waals surface area (Å²) in [7, 11) is 0. The normalized spacial score (nSPS) is 13.3. The molecule has 248 valence electrons. The summed E-state index contributed by atoms with van der Waals surface area (Å²) in [5.74, 6) is -0.297. The summed E-state index contributed by atoms with van der Waals surface area (Å²) in [6.45, 7) is 0. The zero-order chi connectivity index (χ0) is 34.2. The fourth-order valence-electron chi connectivity index (χ4n) is 5.79. The molecule has 2 amide bonds. The van der Waals surface area contributed by atoms with Crippen LogP contribution in [0.4, 0.5) is 5.69 Å². The molecular formula is C40H35ClN2O6. The highest BCUT2D eigenvalue weighted by molar-refractivity contribution is 6.31. The van der Waals surface area contributed by atoms with Crippen LogP contribution >= 0.6 is 11.6 Å². The molecule has 1 fully saturated rings. The summed E-state index contributed by atoms with van der Waals surface area (Å²) in [6.07, 6.45) is 4.73. The zero-order valence-corrected chi connectivity index (χ0v) is 27.4. The van der Waals surface area contributed by atoms with Crippen LogP contribution in [0.15, 0.2) is 121 Å². The minimum absolute atomic E-state index is 0.0327. The van der Waals surface area contributed by atoms with Crippen molar-refractivity contribution in [1.29, 1.82) is 0 Å². The standard InChI is InChI=1S/C40H35ClN2O6/c41-29-20-23-35(42-38(44)28-18-21-32(22-19-28)48-30-8-2-1-3-9-30)34(25-29)39(45)43-36(40(46)47)24-26-14-16-27(17-15-26)33-12-6-7-13-37(33)49-31-10-4-5-11-31/h1-3,6-9,12-23,25,31,36H,4-5,10-11,24H2,(H,42,44)(H,43,45)(H,46,47)/t36-/m0/s1. The minimum atomic E-state index is -1.24. The van der Waals surface area contributed by atoms with E-state index in [4.69, 9.17) is 21.1 Å². The molecule has 1 atom stereocenters. The van der Waals surface area contributed by atoms with Crippen LogP contribution in [0.3, 0.4) is 0 Å². The van der Waals surface area contributed by atoms with Crippen LogP contribution in [0.25, 0.3) is 11.1 Å². The van der Waals surface area contributed by atoms with Gasteiger partial charge in [0.15, 0.2) is 0 Å². The number of aliphatic carboxylic acids is 1. The van der Waals surface area contributed by atoms with Crippen LogP contribution in [0.1, 0.15) is 52.0 Å². The van der Waals surface area contributed by atoms with Gasteiger partial charge in [-0.1, -0.05) is 72.3 Å². The lowest BCUT2D eigenvalue weighted by atomic mass is 9.99. The molecule has 0 aliphatic heterocycles. The van der Waals surface area contributed by atoms with E-state index in [1.807, 2.05) is 78.9 Å². The molecule has 1 aliphatic carbocycles. The lowest BCUT2D eigenvalue weighted by Gasteiger charge is -2.18. The van der Waals surface area contributed by atoms with Crippen molar-refractivity contribution < 1.29 is 29.0 Å². The van der Waals surface area contributed by atoms with E-state index >= 15 is 0 Å². The Morgan fingerprint density at radius 2 is 1.45 bits per heavy atom. The van der Waals surface area contributed by atoms with E-state index in [2.05, 4.69) is 10.6 Å². The van der Waals surface area contributed by atoms with Crippen LogP contribution in [-0.4, -0.2) is 35.0 Å². The third-order valence-corrected chi connectivity index (χ3v) is 8.60. The van der Waals surface area contributed by atoms with Crippen LogP contribution < -0.4 is 20.1 Å². The maximum absolute atomic E-state index is 13.5. The molecule has 0 radical (unpaired) electrons. The van der Waals surface area contributed by atoms with Crippen molar-refractivity contribution in [2.75, 3.05) is 5.32 Å². The molecule has 1 aliphatic rings. The van der Waals surface area contributed by atoms with E-state index in [-0.39, 0.29) is 28.8 Å². The molecule has 0 spiro atoms. The third-order valence-electron chi connectivity index (χ3n) is 8.36. The summed E-state index contributed by atoms with van der Waals surface area (Å²) < 4.78 is 12.1. The van der Waals surface area contributed by atoms with Gasteiger partial charge < -0.3 is 25.2 Å². The number of hydrogen-bond acceptors (Lipinski definition) is 5. The molecular weight excluding hydrogens is 640 g/mol. The molecule has 5 aromatic carbocycles. The summed E-state index contributed by atoms with van der Waals surface area (Å²) in [6, 6.07) is 34.5. The maximum Gasteiger partial charge on any atom is 0.326 e. The molecule has 49 heavy (non-hydrogen) atoms. The summed E-state index contributed by atoms with van der Waals surface area (Å²) in [5, 5.41) is 15.6. The van der Waals surface area contributed by atoms with Crippen LogP contribution in [0.2, 0.25) is 5.02 Å². The molecule has 9 heteroatoms. The minimum Gasteiger partial charge on any atom is -0.490 e. The van der Waals surface area contributed by atoms with Crippen molar-refractivity contribution in [2.45, 2.75) is 44.2 Å². The highest BCUT2D eigenvalue weighted by Gasteiger charge is 2.24. The summed E-state index contributed by atoms with van der Waals surface area (Å²) in [4.78, 5) is 38.9. The Kier molecular flexibility index (Phi) is 10.6. The van der Waals surface area contributed by atoms with Gasteiger partial charge in [-0.15, -0.1) is 0 Å². The van der Waals surface area contributed by atoms with Gasteiger partial charge in [0.05, 0.1) is 17.4 Å². The number of para-hydroxylation sites is 2. The Hall–Kier alpha value is -5.60. The number of amides is 2. The second-order valence-electron chi connectivity index (χ2n) is 11.9. The van der Waals surface area contributed by atoms with Gasteiger partial charge in [-0.3, -0.25) is 9.59 Å². The Labute approximate surface area is 289 Å². The smallest absolute Gasteiger partial charge is 0.326 e. The van der Waals surface area contributed by atoms with Gasteiger partial charge in [-0.05, 0) is 97.5 Å². The van der Waals surface area contributed by atoms with Gasteiger partial charge in [0, 0.05) is 22.6 Å². The number of carboxylic acids is 1. The van der Waals surface area contributed by atoms with Crippen molar-refractivity contribution in [3.8, 4) is 28.4 Å². The van der Waals surface area contributed by atoms with Gasteiger partial charge in [0.25, 0.3) is 11.8 Å². The van der Waals surface area contributed by atoms with Crippen LogP contribution in [-0.2, 0) is 11.2 Å². The first-order chi connectivity index (χ1) is 23.8.